The van der Waals surface area contributed by atoms with Crippen molar-refractivity contribution in [2.24, 2.45) is 0 Å². The van der Waals surface area contributed by atoms with Gasteiger partial charge in [-0.2, -0.15) is 4.98 Å². The molecular formula is C18H16N6O3. The van der Waals surface area contributed by atoms with Crippen LogP contribution in [-0.2, 0) is 9.59 Å². The number of rotatable bonds is 4. The van der Waals surface area contributed by atoms with E-state index in [0.717, 1.165) is 0 Å². The molecular weight excluding hydrogens is 348 g/mol. The van der Waals surface area contributed by atoms with E-state index in [9.17, 15) is 9.59 Å². The zero-order chi connectivity index (χ0) is 18.8. The number of para-hydroxylation sites is 2. The zero-order valence-corrected chi connectivity index (χ0v) is 14.4. The highest BCUT2D eigenvalue weighted by atomic mass is 16.5. The Balaban J connectivity index is 1.65. The fourth-order valence-corrected chi connectivity index (χ4v) is 2.85. The summed E-state index contributed by atoms with van der Waals surface area (Å²) in [4.78, 5) is 33.3. The Hall–Kier alpha value is -3.75. The Bertz CT molecular complexity index is 1000. The highest BCUT2D eigenvalue weighted by molar-refractivity contribution is 6.01. The molecule has 0 aliphatic carbocycles. The number of carbonyl (C=O) groups is 2. The van der Waals surface area contributed by atoms with Gasteiger partial charge in [0.05, 0.1) is 19.2 Å². The Morgan fingerprint density at radius 1 is 1.30 bits per heavy atom. The van der Waals surface area contributed by atoms with Crippen LogP contribution in [0.25, 0.3) is 11.4 Å². The number of amides is 2. The first kappa shape index (κ1) is 16.7. The van der Waals surface area contributed by atoms with Gasteiger partial charge >= 0.3 is 0 Å². The smallest absolute Gasteiger partial charge is 0.250 e. The third-order valence-corrected chi connectivity index (χ3v) is 4.14. The third kappa shape index (κ3) is 3.22. The summed E-state index contributed by atoms with van der Waals surface area (Å²) in [6.07, 6.45) is 3.22. The minimum absolute atomic E-state index is 0.0379. The minimum atomic E-state index is -0.823. The Morgan fingerprint density at radius 2 is 2.15 bits per heavy atom. The number of benzene rings is 1. The van der Waals surface area contributed by atoms with Gasteiger partial charge in [0.25, 0.3) is 0 Å². The first-order valence-corrected chi connectivity index (χ1v) is 8.26. The molecule has 2 N–H and O–H groups in total. The van der Waals surface area contributed by atoms with Crippen LogP contribution in [0.3, 0.4) is 0 Å². The highest BCUT2D eigenvalue weighted by Crippen LogP contribution is 2.29. The molecule has 2 aromatic heterocycles. The number of carbonyl (C=O) groups excluding carboxylic acids is 2. The monoisotopic (exact) mass is 364 g/mol. The average Bonchev–Trinajstić information content (AvgIpc) is 3.12. The highest BCUT2D eigenvalue weighted by Gasteiger charge is 2.33. The number of nitrogens with one attached hydrogen (secondary N) is 2. The maximum absolute atomic E-state index is 12.8. The average molecular weight is 364 g/mol. The summed E-state index contributed by atoms with van der Waals surface area (Å²) in [5.41, 5.74) is 1.21. The van der Waals surface area contributed by atoms with Crippen LogP contribution < -0.4 is 15.4 Å². The molecule has 0 saturated carbocycles. The van der Waals surface area contributed by atoms with Crippen LogP contribution in [0.2, 0.25) is 0 Å². The van der Waals surface area contributed by atoms with Crippen LogP contribution in [0.4, 0.5) is 11.6 Å². The van der Waals surface area contributed by atoms with E-state index in [4.69, 9.17) is 4.74 Å². The van der Waals surface area contributed by atoms with E-state index < -0.39 is 6.04 Å². The molecule has 136 valence electrons. The van der Waals surface area contributed by atoms with E-state index in [-0.39, 0.29) is 24.2 Å². The van der Waals surface area contributed by atoms with Gasteiger partial charge < -0.3 is 10.1 Å². The van der Waals surface area contributed by atoms with E-state index in [2.05, 4.69) is 25.7 Å². The minimum Gasteiger partial charge on any atom is -0.495 e. The Morgan fingerprint density at radius 3 is 2.93 bits per heavy atom. The van der Waals surface area contributed by atoms with E-state index in [1.54, 1.807) is 48.8 Å². The molecule has 1 atom stereocenters. The summed E-state index contributed by atoms with van der Waals surface area (Å²) < 4.78 is 6.68. The van der Waals surface area contributed by atoms with Gasteiger partial charge in [0.2, 0.25) is 17.8 Å². The molecule has 0 saturated heterocycles. The number of hydrogen-bond acceptors (Lipinski definition) is 6. The van der Waals surface area contributed by atoms with Gasteiger partial charge in [-0.1, -0.05) is 12.1 Å². The predicted octanol–water partition coefficient (Wildman–Crippen LogP) is 1.87. The molecule has 9 heteroatoms. The van der Waals surface area contributed by atoms with Gasteiger partial charge in [0.15, 0.2) is 5.82 Å². The molecule has 0 radical (unpaired) electrons. The molecule has 9 nitrogen and oxygen atoms in total. The summed E-state index contributed by atoms with van der Waals surface area (Å²) in [5.74, 6) is 0.465. The van der Waals surface area contributed by atoms with Crippen molar-refractivity contribution in [1.29, 1.82) is 0 Å². The van der Waals surface area contributed by atoms with Crippen LogP contribution >= 0.6 is 0 Å². The lowest BCUT2D eigenvalue weighted by Crippen LogP contribution is -2.36. The second-order valence-corrected chi connectivity index (χ2v) is 5.90. The lowest BCUT2D eigenvalue weighted by Gasteiger charge is -2.22. The van der Waals surface area contributed by atoms with E-state index in [1.807, 2.05) is 0 Å². The molecule has 0 bridgehead atoms. The number of aromatic nitrogens is 4. The fraction of sp³-hybridized carbons (Fsp3) is 0.167. The molecule has 1 aliphatic heterocycles. The predicted molar refractivity (Wildman–Crippen MR) is 97.2 cm³/mol. The maximum Gasteiger partial charge on any atom is 0.250 e. The molecule has 0 fully saturated rings. The van der Waals surface area contributed by atoms with Crippen molar-refractivity contribution in [3.8, 4) is 17.1 Å². The van der Waals surface area contributed by atoms with Crippen LogP contribution in [-0.4, -0.2) is 38.7 Å². The number of anilines is 2. The molecule has 4 rings (SSSR count). The van der Waals surface area contributed by atoms with Crippen molar-refractivity contribution < 1.29 is 14.3 Å². The number of fused-ring (bicyclic) bond motifs is 1. The molecule has 0 unspecified atom stereocenters. The molecule has 0 spiro atoms. The molecule has 3 aromatic rings. The summed E-state index contributed by atoms with van der Waals surface area (Å²) in [6.45, 7) is 0. The van der Waals surface area contributed by atoms with E-state index in [0.29, 0.717) is 22.8 Å². The fourth-order valence-electron chi connectivity index (χ4n) is 2.85. The first-order valence-electron chi connectivity index (χ1n) is 8.26. The molecule has 1 aliphatic rings. The second-order valence-electron chi connectivity index (χ2n) is 5.90. The van der Waals surface area contributed by atoms with E-state index in [1.165, 1.54) is 11.8 Å². The Labute approximate surface area is 154 Å². The van der Waals surface area contributed by atoms with E-state index >= 15 is 0 Å². The van der Waals surface area contributed by atoms with Gasteiger partial charge in [0, 0.05) is 18.0 Å². The molecule has 2 amide bonds. The van der Waals surface area contributed by atoms with Crippen molar-refractivity contribution in [2.45, 2.75) is 12.5 Å². The topological polar surface area (TPSA) is 111 Å². The van der Waals surface area contributed by atoms with Crippen LogP contribution in [0.1, 0.15) is 12.5 Å². The standard InChI is InChI=1S/C18H16N6O3/c1-27-14-7-3-2-6-12(14)20-17(26)13-9-15(25)21-18-22-16(23-24(13)18)11-5-4-8-19-10-11/h2-8,10,13H,9H2,1H3,(H,20,26)(H,21,22,23,25)/t13-/m0/s1. The van der Waals surface area contributed by atoms with Crippen LogP contribution in [0.15, 0.2) is 48.8 Å². The number of ether oxygens (including phenoxy) is 1. The first-order chi connectivity index (χ1) is 13.2. The molecule has 27 heavy (non-hydrogen) atoms. The Kier molecular flexibility index (Phi) is 4.25. The quantitative estimate of drug-likeness (QED) is 0.731. The summed E-state index contributed by atoms with van der Waals surface area (Å²) >= 11 is 0. The van der Waals surface area contributed by atoms with Gasteiger partial charge in [-0.15, -0.1) is 5.10 Å². The number of pyridine rings is 1. The lowest BCUT2D eigenvalue weighted by molar-refractivity contribution is -0.125. The normalized spacial score (nSPS) is 15.6. The second kappa shape index (κ2) is 6.87. The largest absolute Gasteiger partial charge is 0.495 e. The van der Waals surface area contributed by atoms with Gasteiger partial charge in [-0.05, 0) is 24.3 Å². The molecule has 1 aromatic carbocycles. The van der Waals surface area contributed by atoms with Crippen LogP contribution in [0, 0.1) is 0 Å². The van der Waals surface area contributed by atoms with Gasteiger partial charge in [0.1, 0.15) is 11.8 Å². The SMILES string of the molecule is COc1ccccc1NC(=O)[C@@H]1CC(=O)Nc2nc(-c3cccnc3)nn21. The van der Waals surface area contributed by atoms with Crippen molar-refractivity contribution in [3.05, 3.63) is 48.8 Å². The van der Waals surface area contributed by atoms with Crippen molar-refractivity contribution in [1.82, 2.24) is 19.7 Å². The maximum atomic E-state index is 12.8. The lowest BCUT2D eigenvalue weighted by atomic mass is 10.1. The summed E-state index contributed by atoms with van der Waals surface area (Å²) in [5, 5.41) is 9.84. The van der Waals surface area contributed by atoms with Crippen molar-refractivity contribution in [3.63, 3.8) is 0 Å². The van der Waals surface area contributed by atoms with Crippen molar-refractivity contribution in [2.75, 3.05) is 17.7 Å². The molecule has 3 heterocycles. The summed E-state index contributed by atoms with van der Waals surface area (Å²) in [6, 6.07) is 9.80. The van der Waals surface area contributed by atoms with Gasteiger partial charge in [-0.25, -0.2) is 4.68 Å². The third-order valence-electron chi connectivity index (χ3n) is 4.14. The van der Waals surface area contributed by atoms with Crippen molar-refractivity contribution >= 4 is 23.5 Å². The van der Waals surface area contributed by atoms with Crippen LogP contribution in [0.5, 0.6) is 5.75 Å². The number of nitrogens with zero attached hydrogens (tertiary/aromatic N) is 4. The zero-order valence-electron chi connectivity index (χ0n) is 14.4. The number of hydrogen-bond donors (Lipinski definition) is 2. The van der Waals surface area contributed by atoms with Gasteiger partial charge in [-0.3, -0.25) is 19.9 Å². The summed E-state index contributed by atoms with van der Waals surface area (Å²) in [7, 11) is 1.52. The number of methoxy groups -OCH3 is 1.